The number of nitrogens with zero attached hydrogens (tertiary/aromatic N) is 2. The van der Waals surface area contributed by atoms with Crippen LogP contribution in [0.5, 0.6) is 0 Å². The fraction of sp³-hybridized carbons (Fsp3) is 0.661. The summed E-state index contributed by atoms with van der Waals surface area (Å²) in [4.78, 5) is 36.3. The molecule has 0 radical (unpaired) electrons. The summed E-state index contributed by atoms with van der Waals surface area (Å²) in [6.45, 7) is 18.9. The van der Waals surface area contributed by atoms with Crippen molar-refractivity contribution in [1.82, 2.24) is 15.1 Å². The van der Waals surface area contributed by atoms with E-state index in [1.54, 1.807) is 70.7 Å². The lowest BCUT2D eigenvalue weighted by Crippen LogP contribution is -2.61. The van der Waals surface area contributed by atoms with Crippen LogP contribution in [-0.4, -0.2) is 178 Å². The van der Waals surface area contributed by atoms with Gasteiger partial charge in [-0.25, -0.2) is 0 Å². The number of aliphatic hydroxyl groups is 5. The minimum absolute atomic E-state index is 0.0970. The first kappa shape index (κ1) is 61.3. The summed E-state index contributed by atoms with van der Waals surface area (Å²) in [5.74, 6) is -3.01. The Morgan fingerprint density at radius 1 is 0.922 bits per heavy atom. The van der Waals surface area contributed by atoms with E-state index < -0.39 is 102 Å². The molecule has 77 heavy (non-hydrogen) atoms. The fourth-order valence-corrected chi connectivity index (χ4v) is 14.4. The number of amides is 1. The van der Waals surface area contributed by atoms with E-state index in [4.69, 9.17) is 28.4 Å². The molecule has 16 nitrogen and oxygen atoms in total. The van der Waals surface area contributed by atoms with Gasteiger partial charge in [0, 0.05) is 81.4 Å². The fourth-order valence-electron chi connectivity index (χ4n) is 12.1. The molecule has 0 unspecified atom stereocenters. The quantitative estimate of drug-likeness (QED) is 0.0439. The van der Waals surface area contributed by atoms with Gasteiger partial charge >= 0.3 is 5.97 Å². The number of carbonyl (C=O) groups is 2. The smallest absolute Gasteiger partial charge is 0.311 e. The summed E-state index contributed by atoms with van der Waals surface area (Å²) < 4.78 is 38.4. The molecule has 1 aromatic heterocycles. The first-order chi connectivity index (χ1) is 36.3. The highest BCUT2D eigenvalue weighted by atomic mass is 32.2. The van der Waals surface area contributed by atoms with Crippen molar-refractivity contribution in [1.29, 1.82) is 0 Å². The van der Waals surface area contributed by atoms with Gasteiger partial charge < -0.3 is 69.1 Å². The van der Waals surface area contributed by atoms with Crippen molar-refractivity contribution in [3.05, 3.63) is 65.6 Å². The van der Waals surface area contributed by atoms with Gasteiger partial charge in [0.25, 0.3) is 0 Å². The minimum Gasteiger partial charge on any atom is -0.459 e. The summed E-state index contributed by atoms with van der Waals surface area (Å²) in [6, 6.07) is 18.0. The first-order valence-corrected chi connectivity index (χ1v) is 29.2. The van der Waals surface area contributed by atoms with Gasteiger partial charge in [0.1, 0.15) is 30.0 Å². The Balaban J connectivity index is 1.08. The topological polar surface area (TPSA) is 209 Å². The standard InChI is InChI=1S/C59H87N3O13S2/c1-14-46-59(10,69)52(65)37(6)62(12)32-33(2)30-57(8,68)54(35(4)50(36(5)55(67)73-46)74-48-31-58(9,70-13)53(66)38(7)72-48)75-56-49(64)43(28-34(3)71-56)61(11)27-19-26-60-47(63)25-24-39-29-42-40-20-15-17-22-44(40)77-45-23-18-16-21-41(45)51(42)76-39/h15-18,20-25,29,33-38,43,46,48-50,52-54,56,64-66,68-69H,14,19,26-28,30-32H2,1-13H3,(H,60,63)/b25-24+/t33-,34-,35+,36-,37-,38-,43+,46-,48-,49-,50+,52-,53+,54-,56+,57-,58-,59-/m1/s1. The molecule has 18 heteroatoms. The Morgan fingerprint density at radius 2 is 1.58 bits per heavy atom. The number of likely N-dealkylation sites (N-methyl/N-ethyl adjacent to an activating group) is 2. The molecule has 3 aromatic rings. The summed E-state index contributed by atoms with van der Waals surface area (Å²) in [5, 5.41) is 62.8. The molecule has 0 aliphatic carbocycles. The van der Waals surface area contributed by atoms with Gasteiger partial charge in [0.15, 0.2) is 12.6 Å². The number of ether oxygens (including phenoxy) is 6. The molecule has 428 valence electrons. The van der Waals surface area contributed by atoms with E-state index in [0.717, 1.165) is 10.4 Å². The lowest BCUT2D eigenvalue weighted by atomic mass is 9.77. The lowest BCUT2D eigenvalue weighted by molar-refractivity contribution is -0.318. The van der Waals surface area contributed by atoms with Crippen LogP contribution in [0.4, 0.5) is 0 Å². The molecule has 3 saturated heterocycles. The van der Waals surface area contributed by atoms with E-state index in [9.17, 15) is 35.1 Å². The Hall–Kier alpha value is -3.31. The normalized spacial score (nSPS) is 37.7. The summed E-state index contributed by atoms with van der Waals surface area (Å²) in [5.41, 5.74) is -1.03. The Morgan fingerprint density at radius 3 is 2.26 bits per heavy atom. The van der Waals surface area contributed by atoms with Gasteiger partial charge in [-0.15, -0.1) is 11.3 Å². The molecule has 2 aromatic carbocycles. The Kier molecular flexibility index (Phi) is 20.4. The lowest BCUT2D eigenvalue weighted by Gasteiger charge is -2.49. The molecular formula is C59H87N3O13S2. The number of thiophene rings is 1. The van der Waals surface area contributed by atoms with E-state index >= 15 is 0 Å². The van der Waals surface area contributed by atoms with E-state index in [-0.39, 0.29) is 37.2 Å². The second-order valence-corrected chi connectivity index (χ2v) is 25.3. The number of benzene rings is 2. The van der Waals surface area contributed by atoms with Crippen LogP contribution in [0.2, 0.25) is 0 Å². The molecule has 5 heterocycles. The molecule has 3 fully saturated rings. The van der Waals surface area contributed by atoms with Crippen molar-refractivity contribution in [2.75, 3.05) is 40.8 Å². The zero-order chi connectivity index (χ0) is 56.3. The highest BCUT2D eigenvalue weighted by Gasteiger charge is 2.53. The van der Waals surface area contributed by atoms with Gasteiger partial charge in [-0.05, 0) is 131 Å². The molecular weight excluding hydrogens is 1020 g/mol. The van der Waals surface area contributed by atoms with Gasteiger partial charge in [-0.3, -0.25) is 9.59 Å². The molecule has 0 spiro atoms. The molecule has 4 aliphatic rings. The molecule has 18 atom stereocenters. The largest absolute Gasteiger partial charge is 0.459 e. The van der Waals surface area contributed by atoms with Gasteiger partial charge in [-0.1, -0.05) is 68.9 Å². The number of hydrogen-bond donors (Lipinski definition) is 6. The second-order valence-electron chi connectivity index (χ2n) is 23.1. The minimum atomic E-state index is -1.84. The van der Waals surface area contributed by atoms with Crippen molar-refractivity contribution >= 4 is 41.1 Å². The van der Waals surface area contributed by atoms with Gasteiger partial charge in [0.05, 0.1) is 41.5 Å². The molecule has 6 N–H and O–H groups in total. The average Bonchev–Trinajstić information content (AvgIpc) is 3.76. The summed E-state index contributed by atoms with van der Waals surface area (Å²) >= 11 is 3.44. The number of fused-ring (bicyclic) bond motifs is 5. The molecule has 7 rings (SSSR count). The zero-order valence-corrected chi connectivity index (χ0v) is 49.0. The maximum atomic E-state index is 14.5. The van der Waals surface area contributed by atoms with Crippen molar-refractivity contribution in [2.24, 2.45) is 17.8 Å². The monoisotopic (exact) mass is 1110 g/mol. The number of hydrogen-bond acceptors (Lipinski definition) is 17. The number of nitrogens with one attached hydrogen (secondary N) is 1. The molecule has 1 amide bonds. The molecule has 4 aliphatic heterocycles. The predicted octanol–water partition coefficient (Wildman–Crippen LogP) is 7.35. The summed E-state index contributed by atoms with van der Waals surface area (Å²) in [6.07, 6.45) is -5.10. The average molecular weight is 1110 g/mol. The number of esters is 1. The van der Waals surface area contributed by atoms with Crippen LogP contribution in [0.15, 0.2) is 70.5 Å². The van der Waals surface area contributed by atoms with Crippen LogP contribution in [0.1, 0.15) is 106 Å². The van der Waals surface area contributed by atoms with Gasteiger partial charge in [0.2, 0.25) is 5.91 Å². The van der Waals surface area contributed by atoms with Gasteiger partial charge in [-0.2, -0.15) is 0 Å². The third-order valence-corrected chi connectivity index (χ3v) is 19.1. The first-order valence-electron chi connectivity index (χ1n) is 27.5. The summed E-state index contributed by atoms with van der Waals surface area (Å²) in [7, 11) is 5.27. The van der Waals surface area contributed by atoms with E-state index in [1.165, 1.54) is 39.8 Å². The SMILES string of the molecule is CC[C@H]1OC(=O)[C@H](C)[C@@H](O[C@@H]2C[C@@](C)(OC)[C@@H](O)[C@@H](C)O2)[C@H](C)[C@@H](O[C@@H]2O[C@H](C)C[C@H](N(C)CCCNC(=O)/C=C/c3cc4c(s3)-c3ccccc3Sc3ccccc3-4)[C@H]2O)[C@](C)(O)C[C@@H](C)CN(C)[C@H](C)[C@@H](O)[C@]1(C)O. The Labute approximate surface area is 464 Å². The molecule has 0 saturated carbocycles. The van der Waals surface area contributed by atoms with Crippen LogP contribution in [0.25, 0.3) is 27.6 Å². The highest BCUT2D eigenvalue weighted by molar-refractivity contribution is 7.99. The van der Waals surface area contributed by atoms with Crippen molar-refractivity contribution in [3.8, 4) is 21.6 Å². The third kappa shape index (κ3) is 13.9. The van der Waals surface area contributed by atoms with Crippen LogP contribution in [-0.2, 0) is 38.0 Å². The van der Waals surface area contributed by atoms with Crippen LogP contribution < -0.4 is 5.32 Å². The van der Waals surface area contributed by atoms with Crippen molar-refractivity contribution in [2.45, 2.75) is 201 Å². The number of cyclic esters (lactones) is 1. The van der Waals surface area contributed by atoms with Crippen LogP contribution in [0, 0.1) is 17.8 Å². The maximum absolute atomic E-state index is 14.5. The van der Waals surface area contributed by atoms with Crippen LogP contribution in [0.3, 0.4) is 0 Å². The van der Waals surface area contributed by atoms with E-state index in [2.05, 4.69) is 59.9 Å². The Bertz CT molecular complexity index is 2430. The van der Waals surface area contributed by atoms with Crippen molar-refractivity contribution in [3.63, 3.8) is 0 Å². The number of carbonyl (C=O) groups excluding carboxylic acids is 2. The number of aliphatic hydroxyl groups excluding tert-OH is 3. The highest BCUT2D eigenvalue weighted by Crippen LogP contribution is 2.51. The number of methoxy groups -OCH3 is 1. The predicted molar refractivity (Wildman–Crippen MR) is 299 cm³/mol. The third-order valence-electron chi connectivity index (χ3n) is 16.8. The zero-order valence-electron chi connectivity index (χ0n) is 47.4. The van der Waals surface area contributed by atoms with E-state index in [0.29, 0.717) is 32.5 Å². The molecule has 0 bridgehead atoms. The maximum Gasteiger partial charge on any atom is 0.311 e. The van der Waals surface area contributed by atoms with Crippen LogP contribution >= 0.6 is 23.1 Å². The number of rotatable bonds is 13. The van der Waals surface area contributed by atoms with Crippen molar-refractivity contribution < 1.29 is 63.5 Å². The second kappa shape index (κ2) is 25.6. The van der Waals surface area contributed by atoms with E-state index in [1.807, 2.05) is 50.7 Å².